The monoisotopic (exact) mass is 313 g/mol. The van der Waals surface area contributed by atoms with Crippen molar-refractivity contribution in [2.24, 2.45) is 4.99 Å². The second kappa shape index (κ2) is 5.80. The average molecular weight is 313 g/mol. The molecule has 22 heavy (non-hydrogen) atoms. The molecule has 0 radical (unpaired) electrons. The van der Waals surface area contributed by atoms with E-state index < -0.39 is 0 Å². The van der Waals surface area contributed by atoms with E-state index in [-0.39, 0.29) is 11.9 Å². The number of carbonyl (C=O) groups is 1. The maximum Gasteiger partial charge on any atom is 0.226 e. The van der Waals surface area contributed by atoms with Crippen LogP contribution >= 0.6 is 11.8 Å². The van der Waals surface area contributed by atoms with Gasteiger partial charge in [-0.3, -0.25) is 9.79 Å². The Hall–Kier alpha value is -1.75. The topological polar surface area (TPSA) is 44.7 Å². The predicted octanol–water partition coefficient (Wildman–Crippen LogP) is 2.31. The second-order valence-corrected chi connectivity index (χ2v) is 6.83. The van der Waals surface area contributed by atoms with Gasteiger partial charge in [0.15, 0.2) is 5.17 Å². The Morgan fingerprint density at radius 3 is 3.14 bits per heavy atom. The van der Waals surface area contributed by atoms with Crippen molar-refractivity contribution in [3.05, 3.63) is 46.5 Å². The number of nitrogens with zero attached hydrogens (tertiary/aromatic N) is 2. The number of hydrogen-bond donors (Lipinski definition) is 1. The molecule has 1 amide bonds. The summed E-state index contributed by atoms with van der Waals surface area (Å²) in [6, 6.07) is 8.82. The van der Waals surface area contributed by atoms with Crippen LogP contribution in [0.1, 0.15) is 24.0 Å². The lowest BCUT2D eigenvalue weighted by Crippen LogP contribution is -2.39. The van der Waals surface area contributed by atoms with Gasteiger partial charge in [-0.05, 0) is 35.8 Å². The van der Waals surface area contributed by atoms with Crippen molar-refractivity contribution >= 4 is 22.8 Å². The third kappa shape index (κ3) is 2.65. The van der Waals surface area contributed by atoms with E-state index in [2.05, 4.69) is 44.9 Å². The third-order valence-electron chi connectivity index (χ3n) is 4.50. The van der Waals surface area contributed by atoms with Crippen LogP contribution in [0, 0.1) is 0 Å². The van der Waals surface area contributed by atoms with E-state index in [0.29, 0.717) is 6.42 Å². The molecule has 1 aliphatic carbocycles. The van der Waals surface area contributed by atoms with Crippen molar-refractivity contribution in [3.8, 4) is 0 Å². The lowest BCUT2D eigenvalue weighted by Gasteiger charge is -2.26. The quantitative estimate of drug-likeness (QED) is 0.931. The molecule has 2 aliphatic heterocycles. The molecular formula is C17H19N3OS. The smallest absolute Gasteiger partial charge is 0.226 e. The van der Waals surface area contributed by atoms with Gasteiger partial charge >= 0.3 is 0 Å². The fourth-order valence-corrected chi connectivity index (χ4v) is 4.33. The van der Waals surface area contributed by atoms with Crippen LogP contribution in [0.4, 0.5) is 0 Å². The van der Waals surface area contributed by atoms with E-state index in [1.807, 2.05) is 0 Å². The van der Waals surface area contributed by atoms with Gasteiger partial charge < -0.3 is 10.2 Å². The minimum Gasteiger partial charge on any atom is -0.353 e. The molecule has 0 bridgehead atoms. The van der Waals surface area contributed by atoms with Gasteiger partial charge in [0.25, 0.3) is 0 Å². The van der Waals surface area contributed by atoms with Gasteiger partial charge in [-0.1, -0.05) is 36.0 Å². The largest absolute Gasteiger partial charge is 0.353 e. The number of hydrogen-bond acceptors (Lipinski definition) is 4. The zero-order valence-electron chi connectivity index (χ0n) is 12.4. The molecule has 1 N–H and O–H groups in total. The molecule has 0 unspecified atom stereocenters. The lowest BCUT2D eigenvalue weighted by atomic mass is 9.88. The minimum atomic E-state index is 0.129. The molecule has 4 nitrogen and oxygen atoms in total. The Bertz CT molecular complexity index is 668. The van der Waals surface area contributed by atoms with E-state index in [4.69, 9.17) is 0 Å². The number of aryl methyl sites for hydroxylation is 1. The van der Waals surface area contributed by atoms with Crippen LogP contribution in [0.5, 0.6) is 0 Å². The fraction of sp³-hybridized carbons (Fsp3) is 0.412. The number of aliphatic imine (C=N–C) groups is 1. The number of benzene rings is 1. The van der Waals surface area contributed by atoms with Crippen LogP contribution in [-0.2, 0) is 17.6 Å². The van der Waals surface area contributed by atoms with Crippen molar-refractivity contribution in [2.75, 3.05) is 13.1 Å². The lowest BCUT2D eigenvalue weighted by molar-refractivity contribution is -0.121. The highest BCUT2D eigenvalue weighted by atomic mass is 32.2. The number of rotatable bonds is 3. The molecule has 3 aliphatic rings. The van der Waals surface area contributed by atoms with Gasteiger partial charge in [0, 0.05) is 18.3 Å². The Kier molecular flexibility index (Phi) is 3.66. The number of amides is 1. The van der Waals surface area contributed by atoms with Gasteiger partial charge in [0.2, 0.25) is 5.91 Å². The Labute approximate surface area is 134 Å². The Morgan fingerprint density at radius 1 is 1.36 bits per heavy atom. The van der Waals surface area contributed by atoms with Crippen LogP contribution < -0.4 is 5.32 Å². The maximum atomic E-state index is 12.3. The molecule has 0 aromatic heterocycles. The standard InChI is InChI=1S/C17H19N3OS/c21-16(10-15-11-22-17-18-7-8-20(15)17)19-14-6-5-12-3-1-2-4-13(12)9-14/h1-4,11,14H,5-10H2,(H,19,21)/t14-/m1/s1. The number of fused-ring (bicyclic) bond motifs is 2. The van der Waals surface area contributed by atoms with Crippen LogP contribution in [0.3, 0.4) is 0 Å². The third-order valence-corrected chi connectivity index (χ3v) is 5.45. The molecule has 114 valence electrons. The molecule has 0 spiro atoms. The van der Waals surface area contributed by atoms with Crippen LogP contribution in [0.15, 0.2) is 40.4 Å². The molecular weight excluding hydrogens is 294 g/mol. The normalized spacial score (nSPS) is 22.7. The zero-order chi connectivity index (χ0) is 14.9. The highest BCUT2D eigenvalue weighted by Gasteiger charge is 2.28. The summed E-state index contributed by atoms with van der Waals surface area (Å²) < 4.78 is 0. The summed E-state index contributed by atoms with van der Waals surface area (Å²) in [5.41, 5.74) is 3.90. The predicted molar refractivity (Wildman–Crippen MR) is 89.7 cm³/mol. The number of amidine groups is 1. The zero-order valence-corrected chi connectivity index (χ0v) is 13.2. The SMILES string of the molecule is O=C(CC1=CSC2=NCCN12)N[C@@H]1CCc2ccccc2C1. The van der Waals surface area contributed by atoms with Crippen molar-refractivity contribution in [1.82, 2.24) is 10.2 Å². The van der Waals surface area contributed by atoms with Gasteiger partial charge in [0.1, 0.15) is 0 Å². The van der Waals surface area contributed by atoms with Gasteiger partial charge in [0.05, 0.1) is 13.0 Å². The van der Waals surface area contributed by atoms with E-state index in [9.17, 15) is 4.79 Å². The summed E-state index contributed by atoms with van der Waals surface area (Å²) in [5, 5.41) is 6.32. The number of carbonyl (C=O) groups excluding carboxylic acids is 1. The van der Waals surface area contributed by atoms with Crippen LogP contribution in [0.25, 0.3) is 0 Å². The number of thioether (sulfide) groups is 1. The fourth-order valence-electron chi connectivity index (χ4n) is 3.38. The highest BCUT2D eigenvalue weighted by Crippen LogP contribution is 2.30. The molecule has 2 heterocycles. The summed E-state index contributed by atoms with van der Waals surface area (Å²) in [5.74, 6) is 0.129. The summed E-state index contributed by atoms with van der Waals surface area (Å²) in [4.78, 5) is 18.9. The first-order valence-electron chi connectivity index (χ1n) is 7.83. The minimum absolute atomic E-state index is 0.129. The molecule has 5 heteroatoms. The molecule has 1 atom stereocenters. The maximum absolute atomic E-state index is 12.3. The first-order chi connectivity index (χ1) is 10.8. The first-order valence-corrected chi connectivity index (χ1v) is 8.71. The summed E-state index contributed by atoms with van der Waals surface area (Å²) in [6.45, 7) is 1.76. The Morgan fingerprint density at radius 2 is 2.23 bits per heavy atom. The average Bonchev–Trinajstić information content (AvgIpc) is 3.12. The van der Waals surface area contributed by atoms with Crippen molar-refractivity contribution < 1.29 is 4.79 Å². The molecule has 4 rings (SSSR count). The second-order valence-electron chi connectivity index (χ2n) is 6.00. The molecule has 0 fully saturated rings. The van der Waals surface area contributed by atoms with E-state index in [1.165, 1.54) is 11.1 Å². The van der Waals surface area contributed by atoms with Crippen molar-refractivity contribution in [1.29, 1.82) is 0 Å². The molecule has 0 saturated heterocycles. The van der Waals surface area contributed by atoms with Crippen LogP contribution in [0.2, 0.25) is 0 Å². The van der Waals surface area contributed by atoms with E-state index in [1.54, 1.807) is 11.8 Å². The first kappa shape index (κ1) is 13.9. The summed E-state index contributed by atoms with van der Waals surface area (Å²) in [6.07, 6.45) is 3.51. The van der Waals surface area contributed by atoms with Gasteiger partial charge in [-0.2, -0.15) is 0 Å². The van der Waals surface area contributed by atoms with E-state index in [0.717, 1.165) is 43.2 Å². The Balaban J connectivity index is 1.35. The van der Waals surface area contributed by atoms with Crippen molar-refractivity contribution in [3.63, 3.8) is 0 Å². The highest BCUT2D eigenvalue weighted by molar-refractivity contribution is 8.16. The molecule has 1 aromatic rings. The summed E-state index contributed by atoms with van der Waals surface area (Å²) in [7, 11) is 0. The van der Waals surface area contributed by atoms with E-state index >= 15 is 0 Å². The molecule has 0 saturated carbocycles. The van der Waals surface area contributed by atoms with Gasteiger partial charge in [-0.15, -0.1) is 0 Å². The molecule has 1 aromatic carbocycles. The van der Waals surface area contributed by atoms with Crippen molar-refractivity contribution in [2.45, 2.75) is 31.7 Å². The van der Waals surface area contributed by atoms with Gasteiger partial charge in [-0.25, -0.2) is 0 Å². The number of nitrogens with one attached hydrogen (secondary N) is 1. The summed E-state index contributed by atoms with van der Waals surface area (Å²) >= 11 is 1.63. The van der Waals surface area contributed by atoms with Crippen LogP contribution in [-0.4, -0.2) is 35.1 Å².